The lowest BCUT2D eigenvalue weighted by Gasteiger charge is -2.34. The zero-order chi connectivity index (χ0) is 17.4. The van der Waals surface area contributed by atoms with Gasteiger partial charge < -0.3 is 15.0 Å². The molecule has 1 saturated heterocycles. The summed E-state index contributed by atoms with van der Waals surface area (Å²) in [6, 6.07) is 3.47. The summed E-state index contributed by atoms with van der Waals surface area (Å²) < 4.78 is 5.41. The van der Waals surface area contributed by atoms with Crippen molar-refractivity contribution in [1.29, 1.82) is 0 Å². The second-order valence-corrected chi connectivity index (χ2v) is 7.68. The highest BCUT2D eigenvalue weighted by Gasteiger charge is 2.59. The van der Waals surface area contributed by atoms with Crippen LogP contribution in [-0.2, 0) is 9.53 Å². The number of rotatable bonds is 2. The molecule has 1 aliphatic carbocycles. The number of ether oxygens (including phenoxy) is 1. The summed E-state index contributed by atoms with van der Waals surface area (Å²) in [6.45, 7) is 6.88. The van der Waals surface area contributed by atoms with Crippen LogP contribution in [0.5, 0.6) is 0 Å². The number of anilines is 1. The summed E-state index contributed by atoms with van der Waals surface area (Å²) in [6.07, 6.45) is 3.86. The second-order valence-electron chi connectivity index (χ2n) is 7.68. The number of piperidine rings is 1. The number of carbonyl (C=O) groups is 2. The number of nitrogens with one attached hydrogen (secondary N) is 1. The van der Waals surface area contributed by atoms with E-state index in [1.165, 1.54) is 0 Å². The molecule has 0 bridgehead atoms. The Bertz CT molecular complexity index is 618. The van der Waals surface area contributed by atoms with Crippen molar-refractivity contribution >= 4 is 17.8 Å². The molecule has 2 amide bonds. The number of hydrogen-bond acceptors (Lipinski definition) is 5. The largest absolute Gasteiger partial charge is 0.444 e. The van der Waals surface area contributed by atoms with Crippen molar-refractivity contribution in [1.82, 2.24) is 15.1 Å². The highest BCUT2D eigenvalue weighted by atomic mass is 16.6. The minimum atomic E-state index is -0.481. The van der Waals surface area contributed by atoms with Crippen LogP contribution < -0.4 is 5.32 Å². The molecule has 2 heterocycles. The molecule has 1 aliphatic heterocycles. The molecule has 1 unspecified atom stereocenters. The van der Waals surface area contributed by atoms with E-state index in [-0.39, 0.29) is 23.3 Å². The van der Waals surface area contributed by atoms with E-state index < -0.39 is 5.60 Å². The fourth-order valence-corrected chi connectivity index (χ4v) is 3.31. The monoisotopic (exact) mass is 332 g/mol. The van der Waals surface area contributed by atoms with Gasteiger partial charge in [0.1, 0.15) is 5.60 Å². The Balaban J connectivity index is 1.50. The van der Waals surface area contributed by atoms with Crippen LogP contribution in [-0.4, -0.2) is 45.8 Å². The lowest BCUT2D eigenvalue weighted by molar-refractivity contribution is -0.118. The fraction of sp³-hybridized carbons (Fsp3) is 0.647. The van der Waals surface area contributed by atoms with Gasteiger partial charge in [-0.25, -0.2) is 4.79 Å². The smallest absolute Gasteiger partial charge is 0.410 e. The zero-order valence-electron chi connectivity index (χ0n) is 14.4. The molecule has 2 fully saturated rings. The van der Waals surface area contributed by atoms with Crippen LogP contribution in [0.25, 0.3) is 0 Å². The first-order chi connectivity index (χ1) is 11.3. The molecule has 1 aromatic heterocycles. The molecule has 1 atom stereocenters. The van der Waals surface area contributed by atoms with Gasteiger partial charge in [-0.1, -0.05) is 0 Å². The standard InChI is InChI=1S/C17H24N4O3/c1-16(2,3)24-15(23)21-9-6-17(7-10-21)11-12(17)14(22)19-13-5-4-8-18-20-13/h4-5,8,12H,6-7,9-11H2,1-3H3,(H,19,20,22). The Morgan fingerprint density at radius 3 is 2.62 bits per heavy atom. The van der Waals surface area contributed by atoms with Crippen LogP contribution in [0, 0.1) is 11.3 Å². The van der Waals surface area contributed by atoms with Gasteiger partial charge in [-0.2, -0.15) is 5.10 Å². The first-order valence-electron chi connectivity index (χ1n) is 8.36. The zero-order valence-corrected chi connectivity index (χ0v) is 14.4. The van der Waals surface area contributed by atoms with E-state index >= 15 is 0 Å². The Hall–Kier alpha value is -2.18. The molecule has 0 radical (unpaired) electrons. The van der Waals surface area contributed by atoms with Crippen molar-refractivity contribution in [3.05, 3.63) is 18.3 Å². The topological polar surface area (TPSA) is 84.4 Å². The van der Waals surface area contributed by atoms with Crippen LogP contribution in [0.15, 0.2) is 18.3 Å². The van der Waals surface area contributed by atoms with Gasteiger partial charge >= 0.3 is 6.09 Å². The molecule has 1 aromatic rings. The maximum Gasteiger partial charge on any atom is 0.410 e. The predicted octanol–water partition coefficient (Wildman–Crippen LogP) is 2.45. The third kappa shape index (κ3) is 3.66. The summed E-state index contributed by atoms with van der Waals surface area (Å²) in [4.78, 5) is 26.2. The third-order valence-corrected chi connectivity index (χ3v) is 4.74. The highest BCUT2D eigenvalue weighted by molar-refractivity contribution is 5.94. The summed E-state index contributed by atoms with van der Waals surface area (Å²) >= 11 is 0. The molecule has 1 saturated carbocycles. The van der Waals surface area contributed by atoms with E-state index in [0.29, 0.717) is 18.9 Å². The van der Waals surface area contributed by atoms with Crippen LogP contribution in [0.4, 0.5) is 10.6 Å². The number of aromatic nitrogens is 2. The summed E-state index contributed by atoms with van der Waals surface area (Å²) in [5.41, 5.74) is -0.449. The van der Waals surface area contributed by atoms with Gasteiger partial charge in [0.15, 0.2) is 5.82 Å². The van der Waals surface area contributed by atoms with Crippen LogP contribution in [0.2, 0.25) is 0 Å². The van der Waals surface area contributed by atoms with Gasteiger partial charge in [0.05, 0.1) is 0 Å². The number of hydrogen-bond donors (Lipinski definition) is 1. The van der Waals surface area contributed by atoms with Crippen molar-refractivity contribution in [3.8, 4) is 0 Å². The van der Waals surface area contributed by atoms with Crippen LogP contribution in [0.1, 0.15) is 40.0 Å². The first kappa shape index (κ1) is 16.7. The SMILES string of the molecule is CC(C)(C)OC(=O)N1CCC2(CC1)CC2C(=O)Nc1cccnn1. The minimum absolute atomic E-state index is 0.000271. The maximum atomic E-state index is 12.4. The van der Waals surface area contributed by atoms with Crippen molar-refractivity contribution in [2.75, 3.05) is 18.4 Å². The normalized spacial score (nSPS) is 22.1. The summed E-state index contributed by atoms with van der Waals surface area (Å²) in [5, 5.41) is 10.5. The maximum absolute atomic E-state index is 12.4. The Labute approximate surface area is 141 Å². The number of carbonyl (C=O) groups excluding carboxylic acids is 2. The molecule has 24 heavy (non-hydrogen) atoms. The van der Waals surface area contributed by atoms with Crippen molar-refractivity contribution in [3.63, 3.8) is 0 Å². The van der Waals surface area contributed by atoms with E-state index in [1.807, 2.05) is 20.8 Å². The third-order valence-electron chi connectivity index (χ3n) is 4.74. The van der Waals surface area contributed by atoms with Gasteiger partial charge in [0.2, 0.25) is 5.91 Å². The molecule has 7 nitrogen and oxygen atoms in total. The summed E-state index contributed by atoms with van der Waals surface area (Å²) in [7, 11) is 0. The molecule has 1 spiro atoms. The van der Waals surface area contributed by atoms with E-state index in [0.717, 1.165) is 19.3 Å². The van der Waals surface area contributed by atoms with Gasteiger partial charge in [0, 0.05) is 25.2 Å². The lowest BCUT2D eigenvalue weighted by Crippen LogP contribution is -2.43. The number of nitrogens with zero attached hydrogens (tertiary/aromatic N) is 3. The van der Waals surface area contributed by atoms with E-state index in [9.17, 15) is 9.59 Å². The average molecular weight is 332 g/mol. The van der Waals surface area contributed by atoms with E-state index in [1.54, 1.807) is 23.2 Å². The van der Waals surface area contributed by atoms with Gasteiger partial charge in [-0.15, -0.1) is 5.10 Å². The molecular weight excluding hydrogens is 308 g/mol. The van der Waals surface area contributed by atoms with E-state index in [2.05, 4.69) is 15.5 Å². The summed E-state index contributed by atoms with van der Waals surface area (Å²) in [5.74, 6) is 0.484. The van der Waals surface area contributed by atoms with Gasteiger partial charge in [0.25, 0.3) is 0 Å². The minimum Gasteiger partial charge on any atom is -0.444 e. The van der Waals surface area contributed by atoms with Crippen LogP contribution >= 0.6 is 0 Å². The molecule has 1 N–H and O–H groups in total. The second kappa shape index (κ2) is 6.03. The number of amides is 2. The molecule has 2 aliphatic rings. The molecular formula is C17H24N4O3. The molecule has 130 valence electrons. The van der Waals surface area contributed by atoms with Crippen molar-refractivity contribution in [2.45, 2.75) is 45.6 Å². The highest BCUT2D eigenvalue weighted by Crippen LogP contribution is 2.59. The quantitative estimate of drug-likeness (QED) is 0.899. The van der Waals surface area contributed by atoms with Crippen molar-refractivity contribution < 1.29 is 14.3 Å². The fourth-order valence-electron chi connectivity index (χ4n) is 3.31. The molecule has 3 rings (SSSR count). The lowest BCUT2D eigenvalue weighted by atomic mass is 9.91. The Kier molecular flexibility index (Phi) is 4.19. The number of likely N-dealkylation sites (tertiary alicyclic amines) is 1. The van der Waals surface area contributed by atoms with Gasteiger partial charge in [-0.05, 0) is 57.6 Å². The van der Waals surface area contributed by atoms with E-state index in [4.69, 9.17) is 4.74 Å². The Morgan fingerprint density at radius 1 is 1.33 bits per heavy atom. The average Bonchev–Trinajstić information content (AvgIpc) is 3.21. The predicted molar refractivity (Wildman–Crippen MR) is 88.2 cm³/mol. The van der Waals surface area contributed by atoms with Gasteiger partial charge in [-0.3, -0.25) is 4.79 Å². The first-order valence-corrected chi connectivity index (χ1v) is 8.36. The Morgan fingerprint density at radius 2 is 2.04 bits per heavy atom. The molecule has 0 aromatic carbocycles. The van der Waals surface area contributed by atoms with Crippen LogP contribution in [0.3, 0.4) is 0 Å². The molecule has 7 heteroatoms. The van der Waals surface area contributed by atoms with Crippen molar-refractivity contribution in [2.24, 2.45) is 11.3 Å².